The highest BCUT2D eigenvalue weighted by atomic mass is 16.5. The Morgan fingerprint density at radius 2 is 1.56 bits per heavy atom. The number of ether oxygens (including phenoxy) is 1. The van der Waals surface area contributed by atoms with Gasteiger partial charge in [0, 0.05) is 17.8 Å². The molecule has 0 saturated carbocycles. The summed E-state index contributed by atoms with van der Waals surface area (Å²) >= 11 is 0. The fourth-order valence-corrected chi connectivity index (χ4v) is 3.13. The number of benzene rings is 3. The molecule has 0 saturated heterocycles. The molecule has 3 N–H and O–H groups in total. The van der Waals surface area contributed by atoms with Gasteiger partial charge in [-0.3, -0.25) is 9.59 Å². The van der Waals surface area contributed by atoms with E-state index in [2.05, 4.69) is 28.1 Å². The quantitative estimate of drug-likeness (QED) is 0.369. The van der Waals surface area contributed by atoms with Gasteiger partial charge in [0.2, 0.25) is 11.8 Å². The third-order valence-electron chi connectivity index (χ3n) is 4.79. The van der Waals surface area contributed by atoms with Crippen LogP contribution in [0.5, 0.6) is 5.75 Å². The Morgan fingerprint density at radius 3 is 2.38 bits per heavy atom. The van der Waals surface area contributed by atoms with Gasteiger partial charge in [-0.25, -0.2) is 0 Å². The molecule has 3 aromatic rings. The standard InChI is InChI=1S/C26H29N3O3/c1-2-25(30)28-22-14-8-13-21(18-22)27-19-26(31)29-23-15-6-7-16-24(23)32-17-9-12-20-10-4-3-5-11-20/h3-8,10-11,13-16,18,27H,2,9,12,17,19H2,1H3,(H,28,30)(H,29,31). The predicted molar refractivity (Wildman–Crippen MR) is 129 cm³/mol. The molecule has 0 aliphatic heterocycles. The number of para-hydroxylation sites is 2. The topological polar surface area (TPSA) is 79.5 Å². The first-order chi connectivity index (χ1) is 15.6. The van der Waals surface area contributed by atoms with Crippen molar-refractivity contribution in [3.05, 3.63) is 84.4 Å². The van der Waals surface area contributed by atoms with Gasteiger partial charge in [0.25, 0.3) is 0 Å². The molecule has 3 rings (SSSR count). The third-order valence-corrected chi connectivity index (χ3v) is 4.79. The van der Waals surface area contributed by atoms with Crippen molar-refractivity contribution >= 4 is 28.9 Å². The van der Waals surface area contributed by atoms with E-state index in [0.717, 1.165) is 18.5 Å². The first-order valence-corrected chi connectivity index (χ1v) is 10.8. The molecule has 0 aliphatic carbocycles. The van der Waals surface area contributed by atoms with Crippen molar-refractivity contribution < 1.29 is 14.3 Å². The van der Waals surface area contributed by atoms with Crippen molar-refractivity contribution in [1.82, 2.24) is 0 Å². The van der Waals surface area contributed by atoms with Crippen LogP contribution in [0.25, 0.3) is 0 Å². The Morgan fingerprint density at radius 1 is 0.812 bits per heavy atom. The van der Waals surface area contributed by atoms with Crippen molar-refractivity contribution in [3.8, 4) is 5.75 Å². The highest BCUT2D eigenvalue weighted by molar-refractivity contribution is 5.95. The number of carbonyl (C=O) groups is 2. The Hall–Kier alpha value is -3.80. The summed E-state index contributed by atoms with van der Waals surface area (Å²) < 4.78 is 5.91. The van der Waals surface area contributed by atoms with Crippen LogP contribution < -0.4 is 20.7 Å². The Bertz CT molecular complexity index is 1020. The second kappa shape index (κ2) is 12.2. The molecule has 6 heteroatoms. The van der Waals surface area contributed by atoms with E-state index in [4.69, 9.17) is 4.74 Å². The molecule has 0 radical (unpaired) electrons. The maximum atomic E-state index is 12.5. The normalized spacial score (nSPS) is 10.3. The van der Waals surface area contributed by atoms with Crippen molar-refractivity contribution in [2.45, 2.75) is 26.2 Å². The number of hydrogen-bond donors (Lipinski definition) is 3. The molecule has 0 unspecified atom stereocenters. The smallest absolute Gasteiger partial charge is 0.243 e. The first kappa shape index (κ1) is 22.9. The van der Waals surface area contributed by atoms with Crippen LogP contribution >= 0.6 is 0 Å². The maximum Gasteiger partial charge on any atom is 0.243 e. The molecular formula is C26H29N3O3. The minimum Gasteiger partial charge on any atom is -0.491 e. The lowest BCUT2D eigenvalue weighted by Crippen LogP contribution is -2.22. The summed E-state index contributed by atoms with van der Waals surface area (Å²) in [4.78, 5) is 24.0. The van der Waals surface area contributed by atoms with E-state index in [1.807, 2.05) is 60.7 Å². The van der Waals surface area contributed by atoms with Gasteiger partial charge in [-0.2, -0.15) is 0 Å². The molecular weight excluding hydrogens is 402 g/mol. The lowest BCUT2D eigenvalue weighted by atomic mass is 10.1. The summed E-state index contributed by atoms with van der Waals surface area (Å²) in [6.45, 7) is 2.45. The summed E-state index contributed by atoms with van der Waals surface area (Å²) in [5, 5.41) is 8.79. The lowest BCUT2D eigenvalue weighted by Gasteiger charge is -2.13. The van der Waals surface area contributed by atoms with Gasteiger partial charge in [0.15, 0.2) is 0 Å². The van der Waals surface area contributed by atoms with Gasteiger partial charge < -0.3 is 20.7 Å². The second-order valence-electron chi connectivity index (χ2n) is 7.32. The average molecular weight is 432 g/mol. The Balaban J connectivity index is 1.48. The molecule has 0 aliphatic rings. The Kier molecular flexibility index (Phi) is 8.69. The van der Waals surface area contributed by atoms with E-state index >= 15 is 0 Å². The largest absolute Gasteiger partial charge is 0.491 e. The van der Waals surface area contributed by atoms with E-state index in [9.17, 15) is 9.59 Å². The highest BCUT2D eigenvalue weighted by Crippen LogP contribution is 2.24. The average Bonchev–Trinajstić information content (AvgIpc) is 2.82. The lowest BCUT2D eigenvalue weighted by molar-refractivity contribution is -0.116. The number of nitrogens with one attached hydrogen (secondary N) is 3. The van der Waals surface area contributed by atoms with Gasteiger partial charge >= 0.3 is 0 Å². The summed E-state index contributed by atoms with van der Waals surface area (Å²) in [6.07, 6.45) is 2.24. The minimum atomic E-state index is -0.187. The molecule has 166 valence electrons. The monoisotopic (exact) mass is 431 g/mol. The minimum absolute atomic E-state index is 0.0553. The third kappa shape index (κ3) is 7.47. The number of anilines is 3. The van der Waals surface area contributed by atoms with Crippen LogP contribution in [0.1, 0.15) is 25.3 Å². The second-order valence-corrected chi connectivity index (χ2v) is 7.32. The fourth-order valence-electron chi connectivity index (χ4n) is 3.13. The van der Waals surface area contributed by atoms with Gasteiger partial charge in [-0.1, -0.05) is 55.5 Å². The summed E-state index contributed by atoms with van der Waals surface area (Å²) in [5.41, 5.74) is 3.36. The van der Waals surface area contributed by atoms with Crippen LogP contribution in [0.15, 0.2) is 78.9 Å². The maximum absolute atomic E-state index is 12.5. The van der Waals surface area contributed by atoms with Crippen LogP contribution in [0.2, 0.25) is 0 Å². The fraction of sp³-hybridized carbons (Fsp3) is 0.231. The van der Waals surface area contributed by atoms with Crippen LogP contribution in [-0.2, 0) is 16.0 Å². The molecule has 0 spiro atoms. The van der Waals surface area contributed by atoms with Crippen LogP contribution in [-0.4, -0.2) is 25.0 Å². The number of rotatable bonds is 11. The predicted octanol–water partition coefficient (Wildman–Crippen LogP) is 5.10. The number of hydrogen-bond acceptors (Lipinski definition) is 4. The molecule has 0 aromatic heterocycles. The van der Waals surface area contributed by atoms with E-state index < -0.39 is 0 Å². The molecule has 0 heterocycles. The van der Waals surface area contributed by atoms with Gasteiger partial charge in [0.1, 0.15) is 5.75 Å². The molecule has 32 heavy (non-hydrogen) atoms. The number of carbonyl (C=O) groups excluding carboxylic acids is 2. The number of amides is 2. The SMILES string of the molecule is CCC(=O)Nc1cccc(NCC(=O)Nc2ccccc2OCCCc2ccccc2)c1. The zero-order chi connectivity index (χ0) is 22.6. The van der Waals surface area contributed by atoms with Gasteiger partial charge in [-0.15, -0.1) is 0 Å². The van der Waals surface area contributed by atoms with Gasteiger partial charge in [0.05, 0.1) is 18.8 Å². The van der Waals surface area contributed by atoms with E-state index in [0.29, 0.717) is 30.2 Å². The Labute approximate surface area is 189 Å². The number of aryl methyl sites for hydroxylation is 1. The molecule has 3 aromatic carbocycles. The molecule has 0 atom stereocenters. The highest BCUT2D eigenvalue weighted by Gasteiger charge is 2.08. The summed E-state index contributed by atoms with van der Waals surface area (Å²) in [6, 6.07) is 25.0. The van der Waals surface area contributed by atoms with Crippen molar-refractivity contribution in [2.24, 2.45) is 0 Å². The zero-order valence-electron chi connectivity index (χ0n) is 18.3. The molecule has 2 amide bonds. The molecule has 0 fully saturated rings. The van der Waals surface area contributed by atoms with Crippen molar-refractivity contribution in [2.75, 3.05) is 29.1 Å². The van der Waals surface area contributed by atoms with Gasteiger partial charge in [-0.05, 0) is 48.7 Å². The first-order valence-electron chi connectivity index (χ1n) is 10.8. The zero-order valence-corrected chi connectivity index (χ0v) is 18.3. The summed E-state index contributed by atoms with van der Waals surface area (Å²) in [5.74, 6) is 0.409. The molecule has 6 nitrogen and oxygen atoms in total. The van der Waals surface area contributed by atoms with E-state index in [1.165, 1.54) is 5.56 Å². The summed E-state index contributed by atoms with van der Waals surface area (Å²) in [7, 11) is 0. The van der Waals surface area contributed by atoms with E-state index in [1.54, 1.807) is 13.0 Å². The molecule has 0 bridgehead atoms. The van der Waals surface area contributed by atoms with E-state index in [-0.39, 0.29) is 18.4 Å². The van der Waals surface area contributed by atoms with Crippen molar-refractivity contribution in [3.63, 3.8) is 0 Å². The van der Waals surface area contributed by atoms with Crippen molar-refractivity contribution in [1.29, 1.82) is 0 Å². The van der Waals surface area contributed by atoms with Crippen LogP contribution in [0.4, 0.5) is 17.1 Å². The van der Waals surface area contributed by atoms with Crippen LogP contribution in [0.3, 0.4) is 0 Å². The van der Waals surface area contributed by atoms with Crippen LogP contribution in [0, 0.1) is 0 Å².